The first kappa shape index (κ1) is 14.2. The molecule has 0 saturated carbocycles. The fourth-order valence-corrected chi connectivity index (χ4v) is 2.39. The van der Waals surface area contributed by atoms with Gasteiger partial charge in [-0.3, -0.25) is 15.0 Å². The highest BCUT2D eigenvalue weighted by molar-refractivity contribution is 7.13. The second kappa shape index (κ2) is 6.35. The van der Waals surface area contributed by atoms with Gasteiger partial charge in [0.25, 0.3) is 0 Å². The molecule has 2 amide bonds. The lowest BCUT2D eigenvalue weighted by atomic mass is 10.2. The largest absolute Gasteiger partial charge is 0.334 e. The molecular formula is C14H14N6OS. The SMILES string of the molecule is Cn1cc(-c2ccc(CNC(=O)Nc3nccs3)cn2)cn1. The van der Waals surface area contributed by atoms with Gasteiger partial charge in [0.2, 0.25) is 0 Å². The van der Waals surface area contributed by atoms with Crippen LogP contribution in [0, 0.1) is 0 Å². The van der Waals surface area contributed by atoms with E-state index in [4.69, 9.17) is 0 Å². The first-order valence-corrected chi connectivity index (χ1v) is 7.47. The first-order valence-electron chi connectivity index (χ1n) is 6.59. The molecule has 0 saturated heterocycles. The summed E-state index contributed by atoms with van der Waals surface area (Å²) in [4.78, 5) is 20.1. The summed E-state index contributed by atoms with van der Waals surface area (Å²) in [5.74, 6) is 0. The van der Waals surface area contributed by atoms with Crippen LogP contribution in [0.3, 0.4) is 0 Å². The Morgan fingerprint density at radius 1 is 1.32 bits per heavy atom. The highest BCUT2D eigenvalue weighted by atomic mass is 32.1. The number of aromatic nitrogens is 4. The average Bonchev–Trinajstić information content (AvgIpc) is 3.17. The van der Waals surface area contributed by atoms with Crippen LogP contribution in [0.25, 0.3) is 11.3 Å². The number of anilines is 1. The second-order valence-corrected chi connectivity index (χ2v) is 5.49. The molecule has 112 valence electrons. The Kier molecular flexibility index (Phi) is 4.10. The summed E-state index contributed by atoms with van der Waals surface area (Å²) in [5.41, 5.74) is 2.73. The van der Waals surface area contributed by atoms with Crippen molar-refractivity contribution in [2.45, 2.75) is 6.54 Å². The molecule has 7 nitrogen and oxygen atoms in total. The van der Waals surface area contributed by atoms with E-state index >= 15 is 0 Å². The van der Waals surface area contributed by atoms with E-state index in [1.54, 1.807) is 28.7 Å². The molecule has 0 aromatic carbocycles. The molecule has 3 aromatic rings. The Labute approximate surface area is 131 Å². The van der Waals surface area contributed by atoms with Crippen molar-refractivity contribution in [1.82, 2.24) is 25.1 Å². The predicted molar refractivity (Wildman–Crippen MR) is 84.4 cm³/mol. The third kappa shape index (κ3) is 3.47. The molecule has 2 N–H and O–H groups in total. The Morgan fingerprint density at radius 2 is 2.23 bits per heavy atom. The molecule has 0 spiro atoms. The molecule has 8 heteroatoms. The highest BCUT2D eigenvalue weighted by Gasteiger charge is 2.05. The van der Waals surface area contributed by atoms with Crippen LogP contribution in [0.1, 0.15) is 5.56 Å². The van der Waals surface area contributed by atoms with E-state index in [0.717, 1.165) is 16.8 Å². The number of aryl methyl sites for hydroxylation is 1. The van der Waals surface area contributed by atoms with Crippen LogP contribution in [-0.2, 0) is 13.6 Å². The molecule has 0 aliphatic heterocycles. The number of thiazole rings is 1. The number of hydrogen-bond donors (Lipinski definition) is 2. The van der Waals surface area contributed by atoms with Crippen LogP contribution in [0.5, 0.6) is 0 Å². The summed E-state index contributed by atoms with van der Waals surface area (Å²) in [6, 6.07) is 3.55. The molecule has 0 aliphatic carbocycles. The lowest BCUT2D eigenvalue weighted by molar-refractivity contribution is 0.251. The van der Waals surface area contributed by atoms with Crippen molar-refractivity contribution in [3.8, 4) is 11.3 Å². The van der Waals surface area contributed by atoms with Gasteiger partial charge in [-0.25, -0.2) is 9.78 Å². The van der Waals surface area contributed by atoms with E-state index in [1.807, 2.05) is 25.4 Å². The Bertz CT molecular complexity index is 750. The van der Waals surface area contributed by atoms with Gasteiger partial charge in [-0.15, -0.1) is 11.3 Å². The van der Waals surface area contributed by atoms with Gasteiger partial charge in [0, 0.05) is 43.1 Å². The molecule has 22 heavy (non-hydrogen) atoms. The van der Waals surface area contributed by atoms with Gasteiger partial charge >= 0.3 is 6.03 Å². The molecule has 3 aromatic heterocycles. The maximum Gasteiger partial charge on any atom is 0.321 e. The molecule has 0 bridgehead atoms. The molecule has 3 rings (SSSR count). The van der Waals surface area contributed by atoms with Crippen LogP contribution in [0.4, 0.5) is 9.93 Å². The third-order valence-electron chi connectivity index (χ3n) is 2.93. The second-order valence-electron chi connectivity index (χ2n) is 4.60. The van der Waals surface area contributed by atoms with Crippen molar-refractivity contribution in [3.05, 3.63) is 47.9 Å². The van der Waals surface area contributed by atoms with Crippen LogP contribution < -0.4 is 10.6 Å². The number of hydrogen-bond acceptors (Lipinski definition) is 5. The molecule has 0 aliphatic rings. The van der Waals surface area contributed by atoms with Crippen molar-refractivity contribution >= 4 is 22.5 Å². The van der Waals surface area contributed by atoms with Gasteiger partial charge < -0.3 is 5.32 Å². The standard InChI is InChI=1S/C14H14N6OS/c1-20-9-11(8-18-20)12-3-2-10(6-16-12)7-17-13(21)19-14-15-4-5-22-14/h2-6,8-9H,7H2,1H3,(H2,15,17,19,21). The normalized spacial score (nSPS) is 10.4. The van der Waals surface area contributed by atoms with Crippen LogP contribution in [-0.4, -0.2) is 25.8 Å². The van der Waals surface area contributed by atoms with Crippen LogP contribution >= 0.6 is 11.3 Å². The molecule has 0 atom stereocenters. The summed E-state index contributed by atoms with van der Waals surface area (Å²) >= 11 is 1.37. The molecule has 3 heterocycles. The van der Waals surface area contributed by atoms with E-state index in [1.165, 1.54) is 11.3 Å². The summed E-state index contributed by atoms with van der Waals surface area (Å²) in [6.45, 7) is 0.400. The van der Waals surface area contributed by atoms with Crippen molar-refractivity contribution in [2.75, 3.05) is 5.32 Å². The number of nitrogens with one attached hydrogen (secondary N) is 2. The Morgan fingerprint density at radius 3 is 2.86 bits per heavy atom. The van der Waals surface area contributed by atoms with E-state index in [-0.39, 0.29) is 6.03 Å². The Balaban J connectivity index is 1.56. The first-order chi connectivity index (χ1) is 10.7. The number of amides is 2. The van der Waals surface area contributed by atoms with Gasteiger partial charge in [0.15, 0.2) is 5.13 Å². The minimum atomic E-state index is -0.286. The average molecular weight is 314 g/mol. The highest BCUT2D eigenvalue weighted by Crippen LogP contribution is 2.15. The number of pyridine rings is 1. The minimum absolute atomic E-state index is 0.286. The monoisotopic (exact) mass is 314 g/mol. The van der Waals surface area contributed by atoms with E-state index in [9.17, 15) is 4.79 Å². The smallest absolute Gasteiger partial charge is 0.321 e. The van der Waals surface area contributed by atoms with E-state index in [0.29, 0.717) is 11.7 Å². The zero-order valence-electron chi connectivity index (χ0n) is 11.9. The van der Waals surface area contributed by atoms with Crippen molar-refractivity contribution in [2.24, 2.45) is 7.05 Å². The van der Waals surface area contributed by atoms with Gasteiger partial charge in [-0.1, -0.05) is 6.07 Å². The maximum atomic E-state index is 11.7. The number of carbonyl (C=O) groups is 1. The quantitative estimate of drug-likeness (QED) is 0.773. The number of nitrogens with zero attached hydrogens (tertiary/aromatic N) is 4. The molecular weight excluding hydrogens is 300 g/mol. The minimum Gasteiger partial charge on any atom is -0.334 e. The summed E-state index contributed by atoms with van der Waals surface area (Å²) in [6.07, 6.45) is 7.05. The zero-order chi connectivity index (χ0) is 15.4. The molecule has 0 unspecified atom stereocenters. The summed E-state index contributed by atoms with van der Waals surface area (Å²) in [5, 5.41) is 11.9. The van der Waals surface area contributed by atoms with Gasteiger partial charge in [-0.05, 0) is 11.6 Å². The number of rotatable bonds is 4. The maximum absolute atomic E-state index is 11.7. The summed E-state index contributed by atoms with van der Waals surface area (Å²) < 4.78 is 1.73. The lowest BCUT2D eigenvalue weighted by Crippen LogP contribution is -2.28. The topological polar surface area (TPSA) is 84.7 Å². The molecule has 0 fully saturated rings. The Hall–Kier alpha value is -2.74. The number of urea groups is 1. The number of carbonyl (C=O) groups excluding carboxylic acids is 1. The van der Waals surface area contributed by atoms with Crippen molar-refractivity contribution < 1.29 is 4.79 Å². The van der Waals surface area contributed by atoms with Gasteiger partial charge in [-0.2, -0.15) is 5.10 Å². The van der Waals surface area contributed by atoms with Crippen molar-refractivity contribution in [3.63, 3.8) is 0 Å². The van der Waals surface area contributed by atoms with E-state index in [2.05, 4.69) is 25.7 Å². The third-order valence-corrected chi connectivity index (χ3v) is 3.62. The van der Waals surface area contributed by atoms with Crippen LogP contribution in [0.2, 0.25) is 0 Å². The fourth-order valence-electron chi connectivity index (χ4n) is 1.86. The molecule has 0 radical (unpaired) electrons. The van der Waals surface area contributed by atoms with Crippen molar-refractivity contribution in [1.29, 1.82) is 0 Å². The lowest BCUT2D eigenvalue weighted by Gasteiger charge is -2.05. The van der Waals surface area contributed by atoms with Gasteiger partial charge in [0.05, 0.1) is 11.9 Å². The fraction of sp³-hybridized carbons (Fsp3) is 0.143. The van der Waals surface area contributed by atoms with E-state index < -0.39 is 0 Å². The zero-order valence-corrected chi connectivity index (χ0v) is 12.7. The summed E-state index contributed by atoms with van der Waals surface area (Å²) in [7, 11) is 1.86. The van der Waals surface area contributed by atoms with Crippen LogP contribution in [0.15, 0.2) is 42.3 Å². The predicted octanol–water partition coefficient (Wildman–Crippen LogP) is 2.26. The van der Waals surface area contributed by atoms with Gasteiger partial charge in [0.1, 0.15) is 0 Å².